The van der Waals surface area contributed by atoms with Crippen LogP contribution >= 0.6 is 0 Å². The zero-order valence-electron chi connectivity index (χ0n) is 15.2. The normalized spacial score (nSPS) is 11.0. The van der Waals surface area contributed by atoms with Crippen molar-refractivity contribution in [2.24, 2.45) is 0 Å². The van der Waals surface area contributed by atoms with Gasteiger partial charge in [-0.25, -0.2) is 9.97 Å². The molecule has 2 aromatic carbocycles. The zero-order chi connectivity index (χ0) is 18.8. The van der Waals surface area contributed by atoms with Crippen molar-refractivity contribution in [1.29, 1.82) is 0 Å². The third-order valence-corrected chi connectivity index (χ3v) is 4.50. The highest BCUT2D eigenvalue weighted by Crippen LogP contribution is 2.33. The van der Waals surface area contributed by atoms with Crippen LogP contribution in [0.3, 0.4) is 0 Å². The zero-order valence-corrected chi connectivity index (χ0v) is 15.2. The number of aromatic amines is 2. The number of hydrogen-bond donors (Lipinski definition) is 2. The minimum atomic E-state index is -0.255. The number of aromatic nitrogens is 4. The number of nitrogens with one attached hydrogen (secondary N) is 2. The van der Waals surface area contributed by atoms with Gasteiger partial charge in [0, 0.05) is 0 Å². The van der Waals surface area contributed by atoms with E-state index in [2.05, 4.69) is 51.1 Å². The van der Waals surface area contributed by atoms with Gasteiger partial charge in [-0.15, -0.1) is 0 Å². The van der Waals surface area contributed by atoms with E-state index < -0.39 is 0 Å². The molecule has 2 heterocycles. The van der Waals surface area contributed by atoms with Crippen LogP contribution in [0.4, 0.5) is 0 Å². The van der Waals surface area contributed by atoms with Crippen LogP contribution in [-0.2, 0) is 6.42 Å². The smallest absolute Gasteiger partial charge is 0.277 e. The molecule has 0 aliphatic rings. The lowest BCUT2D eigenvalue weighted by atomic mass is 10.00. The van der Waals surface area contributed by atoms with E-state index in [4.69, 9.17) is 4.74 Å². The molecular weight excluding hydrogens is 340 g/mol. The number of benzene rings is 2. The van der Waals surface area contributed by atoms with Crippen LogP contribution in [-0.4, -0.2) is 26.5 Å². The van der Waals surface area contributed by atoms with E-state index in [0.29, 0.717) is 29.3 Å². The van der Waals surface area contributed by atoms with Crippen molar-refractivity contribution in [2.75, 3.05) is 6.61 Å². The van der Waals surface area contributed by atoms with Crippen LogP contribution in [0.15, 0.2) is 53.6 Å². The first-order valence-corrected chi connectivity index (χ1v) is 8.99. The third kappa shape index (κ3) is 3.21. The molecule has 27 heavy (non-hydrogen) atoms. The molecular formula is C21H20N4O2. The second-order valence-corrected chi connectivity index (χ2v) is 6.21. The highest BCUT2D eigenvalue weighted by molar-refractivity contribution is 5.77. The predicted octanol–water partition coefficient (Wildman–Crippen LogP) is 3.94. The molecule has 0 saturated carbocycles. The minimum Gasteiger partial charge on any atom is -0.493 e. The van der Waals surface area contributed by atoms with Crippen molar-refractivity contribution >= 4 is 11.2 Å². The lowest BCUT2D eigenvalue weighted by Crippen LogP contribution is -2.10. The molecule has 6 nitrogen and oxygen atoms in total. The number of fused-ring (bicyclic) bond motifs is 1. The van der Waals surface area contributed by atoms with E-state index in [1.165, 1.54) is 11.9 Å². The van der Waals surface area contributed by atoms with Crippen molar-refractivity contribution in [3.8, 4) is 28.3 Å². The Morgan fingerprint density at radius 3 is 2.74 bits per heavy atom. The summed E-state index contributed by atoms with van der Waals surface area (Å²) in [6, 6.07) is 14.4. The summed E-state index contributed by atoms with van der Waals surface area (Å²) in [5.41, 5.74) is 4.70. The molecule has 0 fully saturated rings. The van der Waals surface area contributed by atoms with Crippen LogP contribution in [0, 0.1) is 0 Å². The van der Waals surface area contributed by atoms with E-state index in [0.717, 1.165) is 23.1 Å². The Labute approximate surface area is 156 Å². The Hall–Kier alpha value is -3.41. The highest BCUT2D eigenvalue weighted by Gasteiger charge is 2.14. The van der Waals surface area contributed by atoms with Gasteiger partial charge in [-0.05, 0) is 42.2 Å². The Bertz CT molecular complexity index is 1160. The number of hydrogen-bond acceptors (Lipinski definition) is 4. The Morgan fingerprint density at radius 1 is 1.07 bits per heavy atom. The quantitative estimate of drug-likeness (QED) is 0.565. The van der Waals surface area contributed by atoms with Gasteiger partial charge in [0.05, 0.1) is 18.5 Å². The molecule has 0 saturated heterocycles. The van der Waals surface area contributed by atoms with E-state index in [-0.39, 0.29) is 5.56 Å². The van der Waals surface area contributed by atoms with Crippen molar-refractivity contribution in [2.45, 2.75) is 20.3 Å². The maximum atomic E-state index is 12.3. The van der Waals surface area contributed by atoms with Gasteiger partial charge in [-0.3, -0.25) is 4.79 Å². The summed E-state index contributed by atoms with van der Waals surface area (Å²) in [5.74, 6) is 1.12. The molecule has 0 aliphatic heterocycles. The van der Waals surface area contributed by atoms with E-state index >= 15 is 0 Å². The van der Waals surface area contributed by atoms with E-state index in [9.17, 15) is 4.79 Å². The molecule has 0 atom stereocenters. The first kappa shape index (κ1) is 17.0. The number of H-pyrrole nitrogens is 2. The predicted molar refractivity (Wildman–Crippen MR) is 106 cm³/mol. The van der Waals surface area contributed by atoms with Crippen molar-refractivity contribution in [3.05, 3.63) is 64.7 Å². The summed E-state index contributed by atoms with van der Waals surface area (Å²) in [6.07, 6.45) is 2.45. The van der Waals surface area contributed by atoms with Gasteiger partial charge < -0.3 is 14.7 Å². The van der Waals surface area contributed by atoms with Gasteiger partial charge in [0.25, 0.3) is 5.56 Å². The highest BCUT2D eigenvalue weighted by atomic mass is 16.5. The molecule has 6 heteroatoms. The first-order chi connectivity index (χ1) is 13.2. The molecule has 136 valence electrons. The van der Waals surface area contributed by atoms with Crippen molar-refractivity contribution in [3.63, 3.8) is 0 Å². The summed E-state index contributed by atoms with van der Waals surface area (Å²) in [4.78, 5) is 26.4. The fourth-order valence-electron chi connectivity index (χ4n) is 3.11. The standard InChI is InChI=1S/C21H20N4O2/c1-3-13-6-5-7-14(10-13)15-8-9-16(17(11-15)27-4-2)19-24-20-18(21(26)25-19)22-12-23-20/h5-12H,3-4H2,1-2H3,(H2,22,23,24,25,26). The molecule has 0 aliphatic carbocycles. The molecule has 0 unspecified atom stereocenters. The SMILES string of the molecule is CCOc1cc(-c2cccc(CC)c2)ccc1-c1nc2nc[nH]c2c(=O)[nH]1. The minimum absolute atomic E-state index is 0.255. The molecule has 0 radical (unpaired) electrons. The van der Waals surface area contributed by atoms with E-state index in [1.807, 2.05) is 25.1 Å². The molecule has 2 N–H and O–H groups in total. The van der Waals surface area contributed by atoms with Gasteiger partial charge in [0.15, 0.2) is 11.2 Å². The van der Waals surface area contributed by atoms with Gasteiger partial charge in [0.1, 0.15) is 11.6 Å². The Balaban J connectivity index is 1.84. The van der Waals surface area contributed by atoms with E-state index in [1.54, 1.807) is 0 Å². The monoisotopic (exact) mass is 360 g/mol. The molecule has 0 bridgehead atoms. The molecule has 0 spiro atoms. The van der Waals surface area contributed by atoms with Crippen LogP contribution in [0.1, 0.15) is 19.4 Å². The lowest BCUT2D eigenvalue weighted by molar-refractivity contribution is 0.341. The summed E-state index contributed by atoms with van der Waals surface area (Å²) in [7, 11) is 0. The number of nitrogens with zero attached hydrogens (tertiary/aromatic N) is 2. The first-order valence-electron chi connectivity index (χ1n) is 8.99. The maximum absolute atomic E-state index is 12.3. The summed E-state index contributed by atoms with van der Waals surface area (Å²) < 4.78 is 5.85. The number of aryl methyl sites for hydroxylation is 1. The second-order valence-electron chi connectivity index (χ2n) is 6.21. The number of rotatable bonds is 5. The third-order valence-electron chi connectivity index (χ3n) is 4.50. The fraction of sp³-hybridized carbons (Fsp3) is 0.190. The summed E-state index contributed by atoms with van der Waals surface area (Å²) in [5, 5.41) is 0. The van der Waals surface area contributed by atoms with Gasteiger partial charge >= 0.3 is 0 Å². The number of ether oxygens (including phenoxy) is 1. The summed E-state index contributed by atoms with van der Waals surface area (Å²) >= 11 is 0. The molecule has 2 aromatic heterocycles. The summed E-state index contributed by atoms with van der Waals surface area (Å²) in [6.45, 7) is 4.59. The molecule has 4 rings (SSSR count). The Morgan fingerprint density at radius 2 is 1.93 bits per heavy atom. The van der Waals surface area contributed by atoms with Crippen molar-refractivity contribution < 1.29 is 4.74 Å². The van der Waals surface area contributed by atoms with Crippen LogP contribution in [0.25, 0.3) is 33.7 Å². The van der Waals surface area contributed by atoms with Crippen molar-refractivity contribution in [1.82, 2.24) is 19.9 Å². The lowest BCUT2D eigenvalue weighted by Gasteiger charge is -2.12. The largest absolute Gasteiger partial charge is 0.493 e. The fourth-order valence-corrected chi connectivity index (χ4v) is 3.11. The Kier molecular flexibility index (Phi) is 4.46. The molecule has 4 aromatic rings. The van der Waals surface area contributed by atoms with Gasteiger partial charge in [0.2, 0.25) is 0 Å². The van der Waals surface area contributed by atoms with Crippen LogP contribution < -0.4 is 10.3 Å². The maximum Gasteiger partial charge on any atom is 0.277 e. The van der Waals surface area contributed by atoms with Gasteiger partial charge in [-0.2, -0.15) is 0 Å². The van der Waals surface area contributed by atoms with Crippen LogP contribution in [0.5, 0.6) is 5.75 Å². The number of imidazole rings is 1. The second kappa shape index (κ2) is 7.07. The average molecular weight is 360 g/mol. The van der Waals surface area contributed by atoms with Crippen LogP contribution in [0.2, 0.25) is 0 Å². The average Bonchev–Trinajstić information content (AvgIpc) is 3.17. The van der Waals surface area contributed by atoms with Gasteiger partial charge in [-0.1, -0.05) is 37.3 Å². The topological polar surface area (TPSA) is 83.7 Å². The molecule has 0 amide bonds.